The molecule has 0 atom stereocenters. The lowest BCUT2D eigenvalue weighted by Crippen LogP contribution is -2.36. The third kappa shape index (κ3) is 9.03. The molecule has 162 valence electrons. The van der Waals surface area contributed by atoms with E-state index in [1.807, 2.05) is 6.92 Å². The first-order valence-corrected chi connectivity index (χ1v) is 9.71. The van der Waals surface area contributed by atoms with Gasteiger partial charge in [0.2, 0.25) is 5.89 Å². The standard InChI is InChI=1S/C21H33N5O2.HI/c1-6-22-20(26-15-19-24-14-18(28-19)21(2,3)4)25-13-16-7-9-17(10-8-16)23-11-12-27-5;/h7-10,14,23H,6,11-13,15H2,1-5H3,(H2,22,25,26);1H. The molecule has 1 heterocycles. The Labute approximate surface area is 191 Å². The summed E-state index contributed by atoms with van der Waals surface area (Å²) in [7, 11) is 1.70. The number of aromatic nitrogens is 1. The van der Waals surface area contributed by atoms with Crippen LogP contribution in [0.25, 0.3) is 0 Å². The SMILES string of the molecule is CCNC(=NCc1ccc(NCCOC)cc1)NCc1ncc(C(C)(C)C)o1.I. The molecule has 0 aliphatic rings. The quantitative estimate of drug-likeness (QED) is 0.203. The Bertz CT molecular complexity index is 738. The maximum atomic E-state index is 5.82. The number of oxazole rings is 1. The zero-order valence-electron chi connectivity index (χ0n) is 18.0. The van der Waals surface area contributed by atoms with Crippen molar-refractivity contribution in [1.82, 2.24) is 15.6 Å². The molecule has 0 saturated carbocycles. The molecule has 0 amide bonds. The van der Waals surface area contributed by atoms with Crippen molar-refractivity contribution in [2.24, 2.45) is 4.99 Å². The van der Waals surface area contributed by atoms with Gasteiger partial charge in [0.1, 0.15) is 5.76 Å². The van der Waals surface area contributed by atoms with Gasteiger partial charge in [-0.3, -0.25) is 0 Å². The second kappa shape index (κ2) is 12.7. The number of methoxy groups -OCH3 is 1. The summed E-state index contributed by atoms with van der Waals surface area (Å²) in [6, 6.07) is 8.26. The van der Waals surface area contributed by atoms with Gasteiger partial charge in [-0.05, 0) is 24.6 Å². The summed E-state index contributed by atoms with van der Waals surface area (Å²) in [6.07, 6.45) is 1.79. The van der Waals surface area contributed by atoms with Crippen molar-refractivity contribution in [2.45, 2.75) is 46.2 Å². The molecule has 1 aromatic carbocycles. The fraction of sp³-hybridized carbons (Fsp3) is 0.524. The molecule has 0 aliphatic carbocycles. The van der Waals surface area contributed by atoms with E-state index in [4.69, 9.17) is 9.15 Å². The lowest BCUT2D eigenvalue weighted by molar-refractivity contribution is 0.211. The summed E-state index contributed by atoms with van der Waals surface area (Å²) in [5.41, 5.74) is 2.17. The van der Waals surface area contributed by atoms with E-state index >= 15 is 0 Å². The van der Waals surface area contributed by atoms with Crippen LogP contribution in [0.1, 0.15) is 44.9 Å². The van der Waals surface area contributed by atoms with Crippen LogP contribution in [0.2, 0.25) is 0 Å². The topological polar surface area (TPSA) is 83.7 Å². The Morgan fingerprint density at radius 1 is 1.17 bits per heavy atom. The highest BCUT2D eigenvalue weighted by Crippen LogP contribution is 2.22. The van der Waals surface area contributed by atoms with Crippen LogP contribution in [0.5, 0.6) is 0 Å². The van der Waals surface area contributed by atoms with Crippen molar-refractivity contribution in [3.63, 3.8) is 0 Å². The lowest BCUT2D eigenvalue weighted by Gasteiger charge is -2.13. The average Bonchev–Trinajstić information content (AvgIpc) is 3.15. The van der Waals surface area contributed by atoms with Gasteiger partial charge in [-0.1, -0.05) is 32.9 Å². The number of rotatable bonds is 9. The number of benzene rings is 1. The van der Waals surface area contributed by atoms with Crippen LogP contribution in [0.3, 0.4) is 0 Å². The fourth-order valence-corrected chi connectivity index (χ4v) is 2.44. The van der Waals surface area contributed by atoms with Gasteiger partial charge >= 0.3 is 0 Å². The molecule has 0 fully saturated rings. The second-order valence-corrected chi connectivity index (χ2v) is 7.53. The zero-order valence-corrected chi connectivity index (χ0v) is 20.4. The van der Waals surface area contributed by atoms with Gasteiger partial charge in [-0.2, -0.15) is 0 Å². The fourth-order valence-electron chi connectivity index (χ4n) is 2.44. The van der Waals surface area contributed by atoms with Crippen molar-refractivity contribution in [1.29, 1.82) is 0 Å². The Hall–Kier alpha value is -1.81. The Balaban J connectivity index is 0.00000420. The monoisotopic (exact) mass is 515 g/mol. The number of aliphatic imine (C=N–C) groups is 1. The molecule has 0 bridgehead atoms. The molecule has 3 N–H and O–H groups in total. The normalized spacial score (nSPS) is 11.7. The molecular formula is C21H34IN5O2. The van der Waals surface area contributed by atoms with E-state index in [1.165, 1.54) is 0 Å². The number of nitrogens with zero attached hydrogens (tertiary/aromatic N) is 2. The van der Waals surface area contributed by atoms with Crippen LogP contribution >= 0.6 is 24.0 Å². The first-order chi connectivity index (χ1) is 13.4. The summed E-state index contributed by atoms with van der Waals surface area (Å²) in [4.78, 5) is 8.99. The number of hydrogen-bond acceptors (Lipinski definition) is 5. The van der Waals surface area contributed by atoms with E-state index < -0.39 is 0 Å². The number of guanidine groups is 1. The van der Waals surface area contributed by atoms with Crippen molar-refractivity contribution in [3.05, 3.63) is 47.7 Å². The maximum absolute atomic E-state index is 5.82. The number of ether oxygens (including phenoxy) is 1. The number of halogens is 1. The molecule has 2 aromatic rings. The summed E-state index contributed by atoms with van der Waals surface area (Å²) in [5.74, 6) is 2.27. The minimum atomic E-state index is -0.0472. The van der Waals surface area contributed by atoms with Crippen LogP contribution in [-0.2, 0) is 23.2 Å². The largest absolute Gasteiger partial charge is 0.443 e. The number of anilines is 1. The van der Waals surface area contributed by atoms with Crippen LogP contribution in [0.15, 0.2) is 39.9 Å². The summed E-state index contributed by atoms with van der Waals surface area (Å²) >= 11 is 0. The molecule has 0 radical (unpaired) electrons. The first-order valence-electron chi connectivity index (χ1n) is 9.71. The molecular weight excluding hydrogens is 481 g/mol. The highest BCUT2D eigenvalue weighted by molar-refractivity contribution is 14.0. The van der Waals surface area contributed by atoms with Crippen molar-refractivity contribution in [3.8, 4) is 0 Å². The summed E-state index contributed by atoms with van der Waals surface area (Å²) in [6.45, 7) is 11.7. The second-order valence-electron chi connectivity index (χ2n) is 7.53. The van der Waals surface area contributed by atoms with Crippen LogP contribution < -0.4 is 16.0 Å². The molecule has 0 saturated heterocycles. The van der Waals surface area contributed by atoms with E-state index in [0.717, 1.165) is 36.1 Å². The number of nitrogens with one attached hydrogen (secondary N) is 3. The van der Waals surface area contributed by atoms with Crippen molar-refractivity contribution >= 4 is 35.6 Å². The smallest absolute Gasteiger partial charge is 0.213 e. The van der Waals surface area contributed by atoms with Gasteiger partial charge in [0.05, 0.1) is 25.9 Å². The van der Waals surface area contributed by atoms with E-state index in [9.17, 15) is 0 Å². The highest BCUT2D eigenvalue weighted by atomic mass is 127. The van der Waals surface area contributed by atoms with Gasteiger partial charge in [0.15, 0.2) is 5.96 Å². The Morgan fingerprint density at radius 2 is 1.90 bits per heavy atom. The van der Waals surface area contributed by atoms with Crippen LogP contribution in [0, 0.1) is 0 Å². The minimum absolute atomic E-state index is 0. The van der Waals surface area contributed by atoms with Crippen LogP contribution in [0.4, 0.5) is 5.69 Å². The van der Waals surface area contributed by atoms with E-state index in [-0.39, 0.29) is 29.4 Å². The van der Waals surface area contributed by atoms with Crippen molar-refractivity contribution < 1.29 is 9.15 Å². The lowest BCUT2D eigenvalue weighted by atomic mass is 9.94. The van der Waals surface area contributed by atoms with Gasteiger partial charge in [0.25, 0.3) is 0 Å². The molecule has 0 spiro atoms. The van der Waals surface area contributed by atoms with E-state index in [1.54, 1.807) is 13.3 Å². The molecule has 1 aromatic heterocycles. The Kier molecular flexibility index (Phi) is 11.0. The predicted octanol–water partition coefficient (Wildman–Crippen LogP) is 3.90. The zero-order chi connectivity index (χ0) is 20.4. The van der Waals surface area contributed by atoms with Crippen LogP contribution in [-0.4, -0.2) is 37.7 Å². The molecule has 8 heteroatoms. The third-order valence-electron chi connectivity index (χ3n) is 4.05. The van der Waals surface area contributed by atoms with Gasteiger partial charge < -0.3 is 25.1 Å². The van der Waals surface area contributed by atoms with E-state index in [2.05, 4.69) is 71.0 Å². The minimum Gasteiger partial charge on any atom is -0.443 e. The number of hydrogen-bond donors (Lipinski definition) is 3. The Morgan fingerprint density at radius 3 is 2.48 bits per heavy atom. The predicted molar refractivity (Wildman–Crippen MR) is 129 cm³/mol. The maximum Gasteiger partial charge on any atom is 0.213 e. The molecule has 7 nitrogen and oxygen atoms in total. The van der Waals surface area contributed by atoms with Gasteiger partial charge in [-0.25, -0.2) is 9.98 Å². The van der Waals surface area contributed by atoms with Gasteiger partial charge in [-0.15, -0.1) is 24.0 Å². The first kappa shape index (κ1) is 25.2. The average molecular weight is 515 g/mol. The van der Waals surface area contributed by atoms with Gasteiger partial charge in [0, 0.05) is 31.3 Å². The molecule has 0 aliphatic heterocycles. The third-order valence-corrected chi connectivity index (χ3v) is 4.05. The molecule has 0 unspecified atom stereocenters. The van der Waals surface area contributed by atoms with Crippen molar-refractivity contribution in [2.75, 3.05) is 32.1 Å². The highest BCUT2D eigenvalue weighted by Gasteiger charge is 2.19. The van der Waals surface area contributed by atoms with E-state index in [0.29, 0.717) is 25.6 Å². The molecule has 29 heavy (non-hydrogen) atoms. The molecule has 2 rings (SSSR count). The summed E-state index contributed by atoms with van der Waals surface area (Å²) < 4.78 is 10.9. The summed E-state index contributed by atoms with van der Waals surface area (Å²) in [5, 5.41) is 9.83.